The van der Waals surface area contributed by atoms with Crippen LogP contribution in [0.25, 0.3) is 5.69 Å². The van der Waals surface area contributed by atoms with Crippen molar-refractivity contribution in [2.75, 3.05) is 23.8 Å². The van der Waals surface area contributed by atoms with Gasteiger partial charge in [0.2, 0.25) is 5.91 Å². The van der Waals surface area contributed by atoms with Crippen LogP contribution in [0.1, 0.15) is 30.7 Å². The van der Waals surface area contributed by atoms with E-state index < -0.39 is 15.0 Å². The van der Waals surface area contributed by atoms with Gasteiger partial charge in [0.1, 0.15) is 27.4 Å². The molecule has 36 heavy (non-hydrogen) atoms. The molecule has 0 spiro atoms. The molecule has 0 saturated carbocycles. The second kappa shape index (κ2) is 11.8. The molecule has 1 N–H and O–H groups in total. The van der Waals surface area contributed by atoms with Crippen molar-refractivity contribution < 1.29 is 47.3 Å². The first kappa shape index (κ1) is 29.2. The molecule has 13 heteroatoms. The second-order valence-corrected chi connectivity index (χ2v) is 9.19. The number of hydrogen-bond donors (Lipinski definition) is 1. The van der Waals surface area contributed by atoms with Gasteiger partial charge in [-0.3, -0.25) is 4.79 Å². The summed E-state index contributed by atoms with van der Waals surface area (Å²) in [6, 6.07) is 11.2. The number of benzene rings is 2. The van der Waals surface area contributed by atoms with Crippen LogP contribution in [0.3, 0.4) is 0 Å². The standard InChI is InChI=1S/C23H25N7O4S.Na/c1-6-29(5)17-8-10-20(21(11-17)25-16(4)31)26-27-23-19(13-24)15(3)28-30(23)22-12-18(35(32,33)34)9-7-14(22)2;/h7-12H,6H2,1-5H3,(H,25,31)(H,32,33,34);/q;+1/p-1. The van der Waals surface area contributed by atoms with E-state index in [2.05, 4.69) is 20.6 Å². The van der Waals surface area contributed by atoms with Crippen LogP contribution in [0.2, 0.25) is 0 Å². The SMILES string of the molecule is CCN(C)c1ccc(N=Nc2c(C#N)c(C)nn2-c2cc(S(=O)(=O)[O-])ccc2C)c(NC(C)=O)c1.[Na+]. The average molecular weight is 518 g/mol. The van der Waals surface area contributed by atoms with Crippen LogP contribution in [0, 0.1) is 25.2 Å². The molecule has 0 atom stereocenters. The molecular weight excluding hydrogens is 493 g/mol. The Morgan fingerprint density at radius 3 is 2.50 bits per heavy atom. The van der Waals surface area contributed by atoms with Crippen molar-refractivity contribution in [3.8, 4) is 11.8 Å². The van der Waals surface area contributed by atoms with Crippen LogP contribution in [-0.4, -0.2) is 42.3 Å². The molecular formula is C23H24N7NaO4S. The number of aryl methyl sites for hydroxylation is 2. The molecule has 1 amide bonds. The van der Waals surface area contributed by atoms with Gasteiger partial charge >= 0.3 is 29.6 Å². The predicted octanol–water partition coefficient (Wildman–Crippen LogP) is 1.10. The van der Waals surface area contributed by atoms with E-state index in [1.807, 2.05) is 31.0 Å². The Labute approximate surface area is 231 Å². The van der Waals surface area contributed by atoms with Gasteiger partial charge in [-0.2, -0.15) is 10.4 Å². The van der Waals surface area contributed by atoms with Crippen LogP contribution in [-0.2, 0) is 14.9 Å². The first-order chi connectivity index (χ1) is 16.5. The second-order valence-electron chi connectivity index (χ2n) is 7.81. The Kier molecular flexibility index (Phi) is 9.53. The van der Waals surface area contributed by atoms with Crippen molar-refractivity contribution in [2.45, 2.75) is 32.6 Å². The van der Waals surface area contributed by atoms with Crippen molar-refractivity contribution >= 4 is 38.9 Å². The molecule has 1 aromatic heterocycles. The number of carbonyl (C=O) groups is 1. The van der Waals surface area contributed by atoms with Gasteiger partial charge in [0.15, 0.2) is 5.82 Å². The molecule has 0 bridgehead atoms. The zero-order valence-electron chi connectivity index (χ0n) is 20.9. The summed E-state index contributed by atoms with van der Waals surface area (Å²) < 4.78 is 35.9. The van der Waals surface area contributed by atoms with Gasteiger partial charge in [-0.1, -0.05) is 6.07 Å². The Morgan fingerprint density at radius 1 is 1.22 bits per heavy atom. The predicted molar refractivity (Wildman–Crippen MR) is 130 cm³/mol. The number of anilines is 2. The fourth-order valence-electron chi connectivity index (χ4n) is 3.30. The number of carbonyl (C=O) groups excluding carboxylic acids is 1. The zero-order valence-corrected chi connectivity index (χ0v) is 23.7. The molecule has 0 fully saturated rings. The Balaban J connectivity index is 0.00000456. The number of nitrogens with zero attached hydrogens (tertiary/aromatic N) is 6. The maximum atomic E-state index is 11.8. The van der Waals surface area contributed by atoms with Crippen LogP contribution in [0.4, 0.5) is 22.9 Å². The third kappa shape index (κ3) is 6.37. The molecule has 11 nitrogen and oxygen atoms in total. The summed E-state index contributed by atoms with van der Waals surface area (Å²) in [6.07, 6.45) is 0. The third-order valence-electron chi connectivity index (χ3n) is 5.30. The average Bonchev–Trinajstić information content (AvgIpc) is 3.11. The Hall–Kier alpha value is -3.08. The van der Waals surface area contributed by atoms with Gasteiger partial charge in [-0.15, -0.1) is 10.2 Å². The molecule has 0 unspecified atom stereocenters. The number of hydrogen-bond acceptors (Lipinski definition) is 9. The number of aromatic nitrogens is 2. The van der Waals surface area contributed by atoms with Crippen molar-refractivity contribution in [3.63, 3.8) is 0 Å². The van der Waals surface area contributed by atoms with Crippen LogP contribution in [0.5, 0.6) is 0 Å². The van der Waals surface area contributed by atoms with Crippen LogP contribution < -0.4 is 39.8 Å². The molecule has 3 rings (SSSR count). The van der Waals surface area contributed by atoms with Gasteiger partial charge in [-0.05, 0) is 56.7 Å². The van der Waals surface area contributed by atoms with Crippen LogP contribution >= 0.6 is 0 Å². The molecule has 0 radical (unpaired) electrons. The van der Waals surface area contributed by atoms with E-state index in [4.69, 9.17) is 0 Å². The minimum atomic E-state index is -4.71. The van der Waals surface area contributed by atoms with Gasteiger partial charge < -0.3 is 14.8 Å². The van der Waals surface area contributed by atoms with E-state index in [0.717, 1.165) is 12.2 Å². The summed E-state index contributed by atoms with van der Waals surface area (Å²) in [4.78, 5) is 13.3. The van der Waals surface area contributed by atoms with E-state index in [1.54, 1.807) is 26.0 Å². The molecule has 3 aromatic rings. The zero-order chi connectivity index (χ0) is 25.9. The summed E-state index contributed by atoms with van der Waals surface area (Å²) in [5, 5.41) is 25.3. The minimum Gasteiger partial charge on any atom is -0.744 e. The number of nitriles is 1. The molecule has 182 valence electrons. The Morgan fingerprint density at radius 2 is 1.92 bits per heavy atom. The minimum absolute atomic E-state index is 0. The smallest absolute Gasteiger partial charge is 0.744 e. The maximum Gasteiger partial charge on any atom is 1.00 e. The van der Waals surface area contributed by atoms with E-state index in [-0.39, 0.29) is 52.5 Å². The summed E-state index contributed by atoms with van der Waals surface area (Å²) in [5.41, 5.74) is 2.98. The number of nitrogens with one attached hydrogen (secondary N) is 1. The summed E-state index contributed by atoms with van der Waals surface area (Å²) in [5.74, 6) is -0.236. The normalized spacial score (nSPS) is 11.1. The van der Waals surface area contributed by atoms with E-state index >= 15 is 0 Å². The molecule has 0 aliphatic carbocycles. The fourth-order valence-corrected chi connectivity index (χ4v) is 3.79. The fraction of sp³-hybridized carbons (Fsp3) is 0.261. The molecule has 1 heterocycles. The monoisotopic (exact) mass is 517 g/mol. The van der Waals surface area contributed by atoms with Gasteiger partial charge in [0, 0.05) is 26.2 Å². The first-order valence-corrected chi connectivity index (χ1v) is 12.0. The molecule has 0 saturated heterocycles. The van der Waals surface area contributed by atoms with Crippen molar-refractivity contribution in [2.24, 2.45) is 10.2 Å². The van der Waals surface area contributed by atoms with Crippen LogP contribution in [0.15, 0.2) is 51.5 Å². The van der Waals surface area contributed by atoms with Crippen molar-refractivity contribution in [1.29, 1.82) is 5.26 Å². The largest absolute Gasteiger partial charge is 1.00 e. The Bertz CT molecular complexity index is 1480. The van der Waals surface area contributed by atoms with E-state index in [1.165, 1.54) is 29.8 Å². The van der Waals surface area contributed by atoms with Gasteiger partial charge in [-0.25, -0.2) is 13.1 Å². The summed E-state index contributed by atoms with van der Waals surface area (Å²) in [6.45, 7) is 7.44. The van der Waals surface area contributed by atoms with Gasteiger partial charge in [0.25, 0.3) is 0 Å². The quantitative estimate of drug-likeness (QED) is 0.279. The number of amides is 1. The maximum absolute atomic E-state index is 11.8. The molecule has 0 aliphatic heterocycles. The first-order valence-electron chi connectivity index (χ1n) is 10.6. The van der Waals surface area contributed by atoms with E-state index in [0.29, 0.717) is 22.6 Å². The summed E-state index contributed by atoms with van der Waals surface area (Å²) in [7, 11) is -2.80. The third-order valence-corrected chi connectivity index (χ3v) is 6.13. The van der Waals surface area contributed by atoms with E-state index in [9.17, 15) is 23.0 Å². The molecule has 0 aliphatic rings. The van der Waals surface area contributed by atoms with Crippen molar-refractivity contribution in [1.82, 2.24) is 9.78 Å². The summed E-state index contributed by atoms with van der Waals surface area (Å²) >= 11 is 0. The van der Waals surface area contributed by atoms with Crippen molar-refractivity contribution in [3.05, 3.63) is 53.2 Å². The topological polar surface area (TPSA) is 156 Å². The van der Waals surface area contributed by atoms with Gasteiger partial charge in [0.05, 0.1) is 22.0 Å². The molecule has 2 aromatic carbocycles. The number of azo groups is 1. The number of rotatable bonds is 7.